The lowest BCUT2D eigenvalue weighted by Gasteiger charge is -2.30. The van der Waals surface area contributed by atoms with Crippen LogP contribution < -0.4 is 18.9 Å². The predicted octanol–water partition coefficient (Wildman–Crippen LogP) is 4.91. The zero-order valence-corrected chi connectivity index (χ0v) is 16.9. The summed E-state index contributed by atoms with van der Waals surface area (Å²) in [7, 11) is 1.61. The SMILES string of the molecule is COc1ccc(OC2COc3ccc(Oc4ccc5ccccc5n4)cc3C2O)cc1. The smallest absolute Gasteiger partial charge is 0.219 e. The van der Waals surface area contributed by atoms with Crippen molar-refractivity contribution in [2.75, 3.05) is 13.7 Å². The molecule has 5 rings (SSSR count). The van der Waals surface area contributed by atoms with Crippen molar-refractivity contribution < 1.29 is 24.1 Å². The van der Waals surface area contributed by atoms with Crippen molar-refractivity contribution in [1.82, 2.24) is 4.98 Å². The van der Waals surface area contributed by atoms with E-state index in [9.17, 15) is 5.11 Å². The summed E-state index contributed by atoms with van der Waals surface area (Å²) in [5.41, 5.74) is 1.47. The number of hydrogen-bond acceptors (Lipinski definition) is 6. The molecule has 0 bridgehead atoms. The molecule has 3 aromatic carbocycles. The summed E-state index contributed by atoms with van der Waals surface area (Å²) in [6.45, 7) is 0.243. The van der Waals surface area contributed by atoms with Gasteiger partial charge < -0.3 is 24.1 Å². The van der Waals surface area contributed by atoms with E-state index in [2.05, 4.69) is 4.98 Å². The van der Waals surface area contributed by atoms with Crippen LogP contribution in [0.3, 0.4) is 0 Å². The van der Waals surface area contributed by atoms with Gasteiger partial charge in [0.1, 0.15) is 35.7 Å². The van der Waals surface area contributed by atoms with Crippen molar-refractivity contribution >= 4 is 10.9 Å². The van der Waals surface area contributed by atoms with Crippen molar-refractivity contribution in [1.29, 1.82) is 0 Å². The Kier molecular flexibility index (Phi) is 5.06. The normalized spacial score (nSPS) is 17.5. The third-order valence-electron chi connectivity index (χ3n) is 5.20. The van der Waals surface area contributed by atoms with Crippen molar-refractivity contribution in [2.24, 2.45) is 0 Å². The van der Waals surface area contributed by atoms with Gasteiger partial charge in [0.15, 0.2) is 6.10 Å². The number of fused-ring (bicyclic) bond motifs is 2. The second-order valence-corrected chi connectivity index (χ2v) is 7.23. The van der Waals surface area contributed by atoms with Crippen LogP contribution in [0.25, 0.3) is 10.9 Å². The molecule has 2 atom stereocenters. The highest BCUT2D eigenvalue weighted by Gasteiger charge is 2.31. The van der Waals surface area contributed by atoms with Gasteiger partial charge in [-0.05, 0) is 54.6 Å². The Hall–Kier alpha value is -3.77. The van der Waals surface area contributed by atoms with E-state index >= 15 is 0 Å². The van der Waals surface area contributed by atoms with Crippen LogP contribution >= 0.6 is 0 Å². The molecule has 0 saturated heterocycles. The standard InChI is InChI=1S/C25H21NO5/c1-28-17-7-9-18(10-8-17)30-23-15-29-22-12-11-19(14-20(22)25(23)27)31-24-13-6-16-4-2-3-5-21(16)26-24/h2-14,23,25,27H,15H2,1H3. The average molecular weight is 415 g/mol. The highest BCUT2D eigenvalue weighted by molar-refractivity contribution is 5.78. The molecule has 156 valence electrons. The highest BCUT2D eigenvalue weighted by Crippen LogP contribution is 2.37. The fourth-order valence-corrected chi connectivity index (χ4v) is 3.57. The van der Waals surface area contributed by atoms with Crippen LogP contribution in [0.5, 0.6) is 28.9 Å². The number of pyridine rings is 1. The Morgan fingerprint density at radius 3 is 2.52 bits per heavy atom. The molecule has 1 aromatic heterocycles. The van der Waals surface area contributed by atoms with Crippen LogP contribution in [0.4, 0.5) is 0 Å². The van der Waals surface area contributed by atoms with Gasteiger partial charge in [-0.25, -0.2) is 4.98 Å². The highest BCUT2D eigenvalue weighted by atomic mass is 16.5. The van der Waals surface area contributed by atoms with Gasteiger partial charge in [0.05, 0.1) is 12.6 Å². The largest absolute Gasteiger partial charge is 0.497 e. The second-order valence-electron chi connectivity index (χ2n) is 7.23. The van der Waals surface area contributed by atoms with Crippen LogP contribution in [0.15, 0.2) is 78.9 Å². The van der Waals surface area contributed by atoms with Gasteiger partial charge in [-0.15, -0.1) is 0 Å². The molecule has 6 nitrogen and oxygen atoms in total. The van der Waals surface area contributed by atoms with Gasteiger partial charge in [-0.3, -0.25) is 0 Å². The fraction of sp³-hybridized carbons (Fsp3) is 0.160. The summed E-state index contributed by atoms with van der Waals surface area (Å²) < 4.78 is 22.9. The molecule has 1 N–H and O–H groups in total. The van der Waals surface area contributed by atoms with Crippen molar-refractivity contribution in [3.05, 3.63) is 84.4 Å². The van der Waals surface area contributed by atoms with E-state index < -0.39 is 12.2 Å². The van der Waals surface area contributed by atoms with E-state index in [4.69, 9.17) is 18.9 Å². The number of para-hydroxylation sites is 1. The minimum absolute atomic E-state index is 0.243. The number of nitrogens with zero attached hydrogens (tertiary/aromatic N) is 1. The molecule has 0 fully saturated rings. The number of ether oxygens (including phenoxy) is 4. The zero-order valence-electron chi connectivity index (χ0n) is 16.9. The number of aromatic nitrogens is 1. The van der Waals surface area contributed by atoms with Crippen LogP contribution in [0.1, 0.15) is 11.7 Å². The van der Waals surface area contributed by atoms with Gasteiger partial charge in [-0.2, -0.15) is 0 Å². The number of methoxy groups -OCH3 is 1. The molecular formula is C25H21NO5. The van der Waals surface area contributed by atoms with Crippen LogP contribution in [0, 0.1) is 0 Å². The minimum Gasteiger partial charge on any atom is -0.497 e. The molecule has 4 aromatic rings. The molecule has 0 amide bonds. The molecule has 31 heavy (non-hydrogen) atoms. The van der Waals surface area contributed by atoms with E-state index in [1.807, 2.05) is 48.5 Å². The predicted molar refractivity (Wildman–Crippen MR) is 116 cm³/mol. The van der Waals surface area contributed by atoms with Crippen molar-refractivity contribution in [3.8, 4) is 28.9 Å². The average Bonchev–Trinajstić information content (AvgIpc) is 2.81. The maximum atomic E-state index is 10.9. The van der Waals surface area contributed by atoms with E-state index in [1.165, 1.54) is 0 Å². The summed E-state index contributed by atoms with van der Waals surface area (Å²) in [6.07, 6.45) is -1.41. The van der Waals surface area contributed by atoms with Crippen LogP contribution in [-0.2, 0) is 0 Å². The fourth-order valence-electron chi connectivity index (χ4n) is 3.57. The molecule has 0 radical (unpaired) electrons. The lowest BCUT2D eigenvalue weighted by molar-refractivity contribution is -0.0104. The minimum atomic E-state index is -0.862. The lowest BCUT2D eigenvalue weighted by atomic mass is 10.0. The number of aliphatic hydroxyl groups is 1. The Morgan fingerprint density at radius 2 is 1.68 bits per heavy atom. The third-order valence-corrected chi connectivity index (χ3v) is 5.20. The Balaban J connectivity index is 1.35. The summed E-state index contributed by atoms with van der Waals surface area (Å²) in [5, 5.41) is 12.0. The summed E-state index contributed by atoms with van der Waals surface area (Å²) >= 11 is 0. The number of rotatable bonds is 5. The molecule has 0 spiro atoms. The first kappa shape index (κ1) is 19.2. The van der Waals surface area contributed by atoms with E-state index in [0.717, 1.165) is 16.7 Å². The zero-order chi connectivity index (χ0) is 21.2. The number of hydrogen-bond donors (Lipinski definition) is 1. The Bertz CT molecular complexity index is 1210. The Morgan fingerprint density at radius 1 is 0.903 bits per heavy atom. The molecule has 1 aliphatic heterocycles. The van der Waals surface area contributed by atoms with Gasteiger partial charge in [0.2, 0.25) is 5.88 Å². The number of benzene rings is 3. The molecule has 6 heteroatoms. The van der Waals surface area contributed by atoms with Crippen LogP contribution in [-0.4, -0.2) is 29.9 Å². The molecule has 2 unspecified atom stereocenters. The monoisotopic (exact) mass is 415 g/mol. The van der Waals surface area contributed by atoms with Gasteiger partial charge in [-0.1, -0.05) is 18.2 Å². The van der Waals surface area contributed by atoms with Crippen LogP contribution in [0.2, 0.25) is 0 Å². The first-order chi connectivity index (χ1) is 15.2. The first-order valence-electron chi connectivity index (χ1n) is 9.99. The maximum absolute atomic E-state index is 10.9. The van der Waals surface area contributed by atoms with Gasteiger partial charge in [0, 0.05) is 17.0 Å². The van der Waals surface area contributed by atoms with Gasteiger partial charge in [0.25, 0.3) is 0 Å². The van der Waals surface area contributed by atoms with Gasteiger partial charge >= 0.3 is 0 Å². The molecule has 1 aliphatic rings. The topological polar surface area (TPSA) is 70.0 Å². The third kappa shape index (κ3) is 3.98. The quantitative estimate of drug-likeness (QED) is 0.500. The summed E-state index contributed by atoms with van der Waals surface area (Å²) in [5.74, 6) is 3.03. The van der Waals surface area contributed by atoms with E-state index in [0.29, 0.717) is 28.7 Å². The van der Waals surface area contributed by atoms with Crippen molar-refractivity contribution in [3.63, 3.8) is 0 Å². The summed E-state index contributed by atoms with van der Waals surface area (Å²) in [4.78, 5) is 4.54. The lowest BCUT2D eigenvalue weighted by Crippen LogP contribution is -2.35. The number of aliphatic hydroxyl groups excluding tert-OH is 1. The second kappa shape index (κ2) is 8.16. The van der Waals surface area contributed by atoms with E-state index in [-0.39, 0.29) is 6.61 Å². The molecular weight excluding hydrogens is 394 g/mol. The first-order valence-corrected chi connectivity index (χ1v) is 9.99. The molecule has 0 saturated carbocycles. The summed E-state index contributed by atoms with van der Waals surface area (Å²) in [6, 6.07) is 24.2. The maximum Gasteiger partial charge on any atom is 0.219 e. The molecule has 2 heterocycles. The van der Waals surface area contributed by atoms with E-state index in [1.54, 1.807) is 37.4 Å². The Labute approximate surface area is 179 Å². The molecule has 0 aliphatic carbocycles. The van der Waals surface area contributed by atoms with Crippen molar-refractivity contribution in [2.45, 2.75) is 12.2 Å².